The molecule has 7 nitrogen and oxygen atoms in total. The standard InChI is InChI=1S/C17H23N7S/c18-17-23-22-16(25-17)14-7-10-24(11-8-14)15(21-19)6-2-1-4-13-5-3-9-20-12-13/h2-3,5-6,9,12,14H,1,4,7-8,10-11,19H2,(H2,18,23)/b6-2-,21-15+. The second-order valence-electron chi connectivity index (χ2n) is 6.03. The van der Waals surface area contributed by atoms with Gasteiger partial charge in [0.05, 0.1) is 0 Å². The van der Waals surface area contributed by atoms with Crippen molar-refractivity contribution in [1.82, 2.24) is 20.1 Å². The molecule has 2 aromatic heterocycles. The zero-order chi connectivity index (χ0) is 17.5. The minimum atomic E-state index is 0.430. The van der Waals surface area contributed by atoms with Gasteiger partial charge in [0.2, 0.25) is 5.13 Å². The third-order valence-corrected chi connectivity index (χ3v) is 5.26. The van der Waals surface area contributed by atoms with Crippen LogP contribution < -0.4 is 11.6 Å². The number of aryl methyl sites for hydroxylation is 1. The molecule has 132 valence electrons. The molecule has 1 aliphatic rings. The highest BCUT2D eigenvalue weighted by Crippen LogP contribution is 2.30. The Morgan fingerprint density at radius 3 is 2.84 bits per heavy atom. The predicted molar refractivity (Wildman–Crippen MR) is 101 cm³/mol. The van der Waals surface area contributed by atoms with Gasteiger partial charge in [-0.25, -0.2) is 0 Å². The maximum absolute atomic E-state index is 5.68. The number of likely N-dealkylation sites (tertiary alicyclic amines) is 1. The lowest BCUT2D eigenvalue weighted by Crippen LogP contribution is -2.37. The zero-order valence-corrected chi connectivity index (χ0v) is 14.9. The third-order valence-electron chi connectivity index (χ3n) is 4.35. The van der Waals surface area contributed by atoms with Crippen LogP contribution in [0, 0.1) is 0 Å². The fraction of sp³-hybridized carbons (Fsp3) is 0.412. The predicted octanol–water partition coefficient (Wildman–Crippen LogP) is 2.16. The van der Waals surface area contributed by atoms with Crippen LogP contribution in [0.2, 0.25) is 0 Å². The van der Waals surface area contributed by atoms with Crippen molar-refractivity contribution in [2.45, 2.75) is 31.6 Å². The van der Waals surface area contributed by atoms with Crippen molar-refractivity contribution in [2.24, 2.45) is 10.9 Å². The Labute approximate surface area is 151 Å². The van der Waals surface area contributed by atoms with Crippen LogP contribution in [0.4, 0.5) is 5.13 Å². The van der Waals surface area contributed by atoms with Crippen molar-refractivity contribution in [3.63, 3.8) is 0 Å². The van der Waals surface area contributed by atoms with E-state index in [2.05, 4.69) is 37.3 Å². The topological polar surface area (TPSA) is 106 Å². The van der Waals surface area contributed by atoms with E-state index in [9.17, 15) is 0 Å². The summed E-state index contributed by atoms with van der Waals surface area (Å²) in [6.07, 6.45) is 11.7. The van der Waals surface area contributed by atoms with Gasteiger partial charge in [0.15, 0.2) is 0 Å². The molecule has 0 radical (unpaired) electrons. The summed E-state index contributed by atoms with van der Waals surface area (Å²) in [5.74, 6) is 6.86. The Hall–Kier alpha value is -2.48. The maximum atomic E-state index is 5.68. The Bertz CT molecular complexity index is 718. The first kappa shape index (κ1) is 17.3. The average molecular weight is 357 g/mol. The molecule has 2 aromatic rings. The summed E-state index contributed by atoms with van der Waals surface area (Å²) in [5.41, 5.74) is 6.91. The second kappa shape index (κ2) is 8.57. The van der Waals surface area contributed by atoms with Gasteiger partial charge < -0.3 is 16.5 Å². The lowest BCUT2D eigenvalue weighted by molar-refractivity contribution is 0.312. The number of nitrogens with zero attached hydrogens (tertiary/aromatic N) is 5. The van der Waals surface area contributed by atoms with Gasteiger partial charge in [-0.15, -0.1) is 10.2 Å². The van der Waals surface area contributed by atoms with Crippen molar-refractivity contribution in [1.29, 1.82) is 0 Å². The lowest BCUT2D eigenvalue weighted by Gasteiger charge is -2.32. The van der Waals surface area contributed by atoms with Gasteiger partial charge in [-0.3, -0.25) is 4.98 Å². The molecule has 3 rings (SSSR count). The summed E-state index contributed by atoms with van der Waals surface area (Å²) in [6.45, 7) is 1.82. The first-order valence-electron chi connectivity index (χ1n) is 8.43. The molecular weight excluding hydrogens is 334 g/mol. The summed E-state index contributed by atoms with van der Waals surface area (Å²) in [7, 11) is 0. The van der Waals surface area contributed by atoms with Crippen molar-refractivity contribution >= 4 is 22.3 Å². The fourth-order valence-corrected chi connectivity index (χ4v) is 3.76. The van der Waals surface area contributed by atoms with E-state index in [4.69, 9.17) is 11.6 Å². The van der Waals surface area contributed by atoms with Gasteiger partial charge in [-0.2, -0.15) is 5.10 Å². The quantitative estimate of drug-likeness (QED) is 0.367. The molecule has 0 bridgehead atoms. The normalized spacial score (nSPS) is 16.6. The van der Waals surface area contributed by atoms with Crippen LogP contribution in [-0.2, 0) is 6.42 Å². The van der Waals surface area contributed by atoms with Gasteiger partial charge in [0.1, 0.15) is 10.8 Å². The number of anilines is 1. The number of rotatable bonds is 5. The van der Waals surface area contributed by atoms with Gasteiger partial charge in [-0.1, -0.05) is 23.5 Å². The largest absolute Gasteiger partial charge is 0.374 e. The summed E-state index contributed by atoms with van der Waals surface area (Å²) in [4.78, 5) is 6.35. The molecule has 0 aromatic carbocycles. The number of piperidine rings is 1. The van der Waals surface area contributed by atoms with Gasteiger partial charge in [-0.05, 0) is 43.4 Å². The zero-order valence-electron chi connectivity index (χ0n) is 14.1. The van der Waals surface area contributed by atoms with E-state index in [1.54, 1.807) is 6.20 Å². The number of hydrazone groups is 1. The number of nitrogen functional groups attached to an aromatic ring is 1. The van der Waals surface area contributed by atoms with Crippen LogP contribution in [0.1, 0.15) is 35.8 Å². The molecule has 0 atom stereocenters. The number of nitrogens with two attached hydrogens (primary N) is 2. The highest BCUT2D eigenvalue weighted by atomic mass is 32.1. The summed E-state index contributed by atoms with van der Waals surface area (Å²) >= 11 is 1.49. The number of hydrogen-bond donors (Lipinski definition) is 2. The molecule has 1 aliphatic heterocycles. The lowest BCUT2D eigenvalue weighted by atomic mass is 9.97. The Kier molecular flexibility index (Phi) is 5.95. The molecule has 0 spiro atoms. The minimum absolute atomic E-state index is 0.430. The van der Waals surface area contributed by atoms with E-state index >= 15 is 0 Å². The number of amidine groups is 1. The Morgan fingerprint density at radius 1 is 1.36 bits per heavy atom. The van der Waals surface area contributed by atoms with E-state index in [0.29, 0.717) is 11.0 Å². The van der Waals surface area contributed by atoms with Crippen molar-refractivity contribution in [3.8, 4) is 0 Å². The van der Waals surface area contributed by atoms with Crippen molar-refractivity contribution < 1.29 is 0 Å². The van der Waals surface area contributed by atoms with Crippen molar-refractivity contribution in [2.75, 3.05) is 18.8 Å². The molecule has 25 heavy (non-hydrogen) atoms. The van der Waals surface area contributed by atoms with Crippen LogP contribution in [-0.4, -0.2) is 39.0 Å². The molecule has 1 fully saturated rings. The maximum Gasteiger partial charge on any atom is 0.203 e. The van der Waals surface area contributed by atoms with E-state index in [1.165, 1.54) is 16.9 Å². The smallest absolute Gasteiger partial charge is 0.203 e. The molecule has 0 unspecified atom stereocenters. The van der Waals surface area contributed by atoms with E-state index in [1.807, 2.05) is 18.3 Å². The molecule has 8 heteroatoms. The number of pyridine rings is 1. The summed E-state index contributed by atoms with van der Waals surface area (Å²) in [6, 6.07) is 4.05. The average Bonchev–Trinajstić information content (AvgIpc) is 3.09. The first-order chi connectivity index (χ1) is 12.3. The Balaban J connectivity index is 1.48. The molecule has 0 aliphatic carbocycles. The van der Waals surface area contributed by atoms with Gasteiger partial charge in [0, 0.05) is 31.4 Å². The number of hydrogen-bond acceptors (Lipinski definition) is 7. The molecule has 1 saturated heterocycles. The highest BCUT2D eigenvalue weighted by Gasteiger charge is 2.24. The summed E-state index contributed by atoms with van der Waals surface area (Å²) < 4.78 is 0. The molecule has 0 amide bonds. The highest BCUT2D eigenvalue weighted by molar-refractivity contribution is 7.15. The van der Waals surface area contributed by atoms with Crippen LogP contribution >= 0.6 is 11.3 Å². The summed E-state index contributed by atoms with van der Waals surface area (Å²) in [5, 5.41) is 13.6. The third kappa shape index (κ3) is 4.76. The van der Waals surface area contributed by atoms with Crippen LogP contribution in [0.15, 0.2) is 41.8 Å². The van der Waals surface area contributed by atoms with Crippen LogP contribution in [0.25, 0.3) is 0 Å². The molecular formula is C17H23N7S. The fourth-order valence-electron chi connectivity index (χ4n) is 2.98. The Morgan fingerprint density at radius 2 is 2.20 bits per heavy atom. The van der Waals surface area contributed by atoms with Crippen LogP contribution in [0.3, 0.4) is 0 Å². The van der Waals surface area contributed by atoms with Gasteiger partial charge in [0.25, 0.3) is 0 Å². The van der Waals surface area contributed by atoms with Gasteiger partial charge >= 0.3 is 0 Å². The minimum Gasteiger partial charge on any atom is -0.374 e. The SMILES string of the molecule is N/N=C(\C=C/CCc1cccnc1)N1CCC(c2nnc(N)s2)CC1. The number of allylic oxidation sites excluding steroid dienone is 1. The van der Waals surface area contributed by atoms with E-state index in [0.717, 1.165) is 49.6 Å². The second-order valence-corrected chi connectivity index (χ2v) is 7.07. The van der Waals surface area contributed by atoms with E-state index in [-0.39, 0.29) is 0 Å². The van der Waals surface area contributed by atoms with Crippen LogP contribution in [0.5, 0.6) is 0 Å². The molecule has 4 N–H and O–H groups in total. The first-order valence-corrected chi connectivity index (χ1v) is 9.25. The van der Waals surface area contributed by atoms with Crippen molar-refractivity contribution in [3.05, 3.63) is 47.2 Å². The monoisotopic (exact) mass is 357 g/mol. The van der Waals surface area contributed by atoms with E-state index < -0.39 is 0 Å². The molecule has 0 saturated carbocycles. The molecule has 3 heterocycles. The number of aromatic nitrogens is 3.